The molecule has 1 heterocycles. The van der Waals surface area contributed by atoms with Crippen LogP contribution in [-0.4, -0.2) is 44.6 Å². The third-order valence-corrected chi connectivity index (χ3v) is 4.77. The van der Waals surface area contributed by atoms with Gasteiger partial charge in [-0.1, -0.05) is 12.1 Å². The molecule has 0 aliphatic carbocycles. The van der Waals surface area contributed by atoms with Gasteiger partial charge in [-0.05, 0) is 29.8 Å². The van der Waals surface area contributed by atoms with Gasteiger partial charge in [-0.25, -0.2) is 0 Å². The van der Waals surface area contributed by atoms with Gasteiger partial charge < -0.3 is 24.4 Å². The van der Waals surface area contributed by atoms with E-state index < -0.39 is 0 Å². The lowest BCUT2D eigenvalue weighted by atomic mass is 10.1. The number of methoxy groups -OCH3 is 3. The minimum atomic E-state index is -0.390. The van der Waals surface area contributed by atoms with E-state index in [4.69, 9.17) is 14.2 Å². The zero-order valence-electron chi connectivity index (χ0n) is 16.2. The van der Waals surface area contributed by atoms with Crippen molar-refractivity contribution in [3.05, 3.63) is 48.0 Å². The summed E-state index contributed by atoms with van der Waals surface area (Å²) in [5.74, 6) is 1.29. The van der Waals surface area contributed by atoms with Gasteiger partial charge in [-0.2, -0.15) is 0 Å². The number of carbonyl (C=O) groups is 2. The topological polar surface area (TPSA) is 77.1 Å². The van der Waals surface area contributed by atoms with Crippen molar-refractivity contribution in [3.63, 3.8) is 0 Å². The molecule has 2 aromatic carbocycles. The molecule has 2 amide bonds. The minimum absolute atomic E-state index is 0.0247. The Bertz CT molecular complexity index is 850. The van der Waals surface area contributed by atoms with Gasteiger partial charge in [0.1, 0.15) is 5.75 Å². The zero-order chi connectivity index (χ0) is 20.1. The maximum absolute atomic E-state index is 12.6. The van der Waals surface area contributed by atoms with E-state index in [1.54, 1.807) is 37.3 Å². The number of rotatable bonds is 7. The molecule has 0 radical (unpaired) electrons. The molecule has 1 fully saturated rings. The molecular formula is C21H24N2O5. The maximum atomic E-state index is 12.6. The van der Waals surface area contributed by atoms with Gasteiger partial charge >= 0.3 is 0 Å². The van der Waals surface area contributed by atoms with Gasteiger partial charge in [0.05, 0.1) is 27.2 Å². The normalized spacial score (nSPS) is 16.0. The molecule has 1 N–H and O–H groups in total. The Morgan fingerprint density at radius 2 is 1.75 bits per heavy atom. The highest BCUT2D eigenvalue weighted by Crippen LogP contribution is 2.30. The summed E-state index contributed by atoms with van der Waals surface area (Å²) < 4.78 is 15.6. The number of carbonyl (C=O) groups excluding carboxylic acids is 2. The van der Waals surface area contributed by atoms with Crippen molar-refractivity contribution in [1.29, 1.82) is 0 Å². The summed E-state index contributed by atoms with van der Waals surface area (Å²) in [5.41, 5.74) is 1.60. The standard InChI is InChI=1S/C21H24N2O5/c1-26-17-7-4-14(5-8-17)12-23-13-15(10-20(23)24)21(25)22-16-6-9-18(27-2)19(11-16)28-3/h4-9,11,15H,10,12-13H2,1-3H3,(H,22,25). The summed E-state index contributed by atoms with van der Waals surface area (Å²) in [6, 6.07) is 12.7. The van der Waals surface area contributed by atoms with Gasteiger partial charge in [0, 0.05) is 31.3 Å². The highest BCUT2D eigenvalue weighted by molar-refractivity contribution is 5.97. The van der Waals surface area contributed by atoms with Gasteiger partial charge in [-0.3, -0.25) is 9.59 Å². The zero-order valence-corrected chi connectivity index (χ0v) is 16.2. The number of ether oxygens (including phenoxy) is 3. The lowest BCUT2D eigenvalue weighted by Crippen LogP contribution is -2.28. The van der Waals surface area contributed by atoms with Crippen LogP contribution in [0.15, 0.2) is 42.5 Å². The largest absolute Gasteiger partial charge is 0.497 e. The van der Waals surface area contributed by atoms with Crippen LogP contribution >= 0.6 is 0 Å². The average molecular weight is 384 g/mol. The van der Waals surface area contributed by atoms with E-state index in [-0.39, 0.29) is 24.2 Å². The highest BCUT2D eigenvalue weighted by atomic mass is 16.5. The van der Waals surface area contributed by atoms with Crippen LogP contribution in [0.3, 0.4) is 0 Å². The van der Waals surface area contributed by atoms with Gasteiger partial charge in [0.25, 0.3) is 0 Å². The molecule has 28 heavy (non-hydrogen) atoms. The third kappa shape index (κ3) is 4.36. The van der Waals surface area contributed by atoms with Crippen LogP contribution in [0.2, 0.25) is 0 Å². The molecule has 1 aliphatic heterocycles. The number of amides is 2. The molecule has 0 aromatic heterocycles. The first-order valence-electron chi connectivity index (χ1n) is 8.97. The second-order valence-electron chi connectivity index (χ2n) is 6.58. The Kier molecular flexibility index (Phi) is 6.03. The second kappa shape index (κ2) is 8.65. The van der Waals surface area contributed by atoms with Crippen molar-refractivity contribution in [2.45, 2.75) is 13.0 Å². The summed E-state index contributed by atoms with van der Waals surface area (Å²) in [6.45, 7) is 0.868. The fraction of sp³-hybridized carbons (Fsp3) is 0.333. The Morgan fingerprint density at radius 3 is 2.39 bits per heavy atom. The second-order valence-corrected chi connectivity index (χ2v) is 6.58. The van der Waals surface area contributed by atoms with E-state index in [0.717, 1.165) is 11.3 Å². The predicted octanol–water partition coefficient (Wildman–Crippen LogP) is 2.70. The number of anilines is 1. The Labute approximate surface area is 164 Å². The van der Waals surface area contributed by atoms with Crippen LogP contribution in [0.5, 0.6) is 17.2 Å². The van der Waals surface area contributed by atoms with E-state index >= 15 is 0 Å². The van der Waals surface area contributed by atoms with Crippen LogP contribution < -0.4 is 19.5 Å². The van der Waals surface area contributed by atoms with E-state index in [0.29, 0.717) is 30.3 Å². The van der Waals surface area contributed by atoms with Crippen molar-refractivity contribution in [2.24, 2.45) is 5.92 Å². The molecule has 0 bridgehead atoms. The first-order valence-corrected chi connectivity index (χ1v) is 8.97. The molecule has 0 spiro atoms. The van der Waals surface area contributed by atoms with Crippen LogP contribution in [0, 0.1) is 5.92 Å². The fourth-order valence-electron chi connectivity index (χ4n) is 3.21. The lowest BCUT2D eigenvalue weighted by molar-refractivity contribution is -0.128. The van der Waals surface area contributed by atoms with Crippen molar-refractivity contribution in [1.82, 2.24) is 4.90 Å². The molecule has 1 saturated heterocycles. The third-order valence-electron chi connectivity index (χ3n) is 4.77. The average Bonchev–Trinajstić information content (AvgIpc) is 3.09. The molecule has 2 aromatic rings. The molecule has 0 saturated carbocycles. The van der Waals surface area contributed by atoms with Crippen molar-refractivity contribution in [2.75, 3.05) is 33.2 Å². The monoisotopic (exact) mass is 384 g/mol. The van der Waals surface area contributed by atoms with Crippen molar-refractivity contribution >= 4 is 17.5 Å². The number of nitrogens with one attached hydrogen (secondary N) is 1. The van der Waals surface area contributed by atoms with Gasteiger partial charge in [0.15, 0.2) is 11.5 Å². The quantitative estimate of drug-likeness (QED) is 0.794. The predicted molar refractivity (Wildman–Crippen MR) is 105 cm³/mol. The summed E-state index contributed by atoms with van der Waals surface area (Å²) in [7, 11) is 4.70. The molecule has 1 aliphatic rings. The van der Waals surface area contributed by atoms with E-state index in [9.17, 15) is 9.59 Å². The minimum Gasteiger partial charge on any atom is -0.497 e. The Hall–Kier alpha value is -3.22. The van der Waals surface area contributed by atoms with Crippen molar-refractivity contribution in [3.8, 4) is 17.2 Å². The van der Waals surface area contributed by atoms with E-state index in [1.165, 1.54) is 7.11 Å². The van der Waals surface area contributed by atoms with Crippen molar-refractivity contribution < 1.29 is 23.8 Å². The highest BCUT2D eigenvalue weighted by Gasteiger charge is 2.34. The number of hydrogen-bond acceptors (Lipinski definition) is 5. The molecule has 7 nitrogen and oxygen atoms in total. The molecule has 7 heteroatoms. The summed E-state index contributed by atoms with van der Waals surface area (Å²) in [6.07, 6.45) is 0.204. The van der Waals surface area contributed by atoms with E-state index in [2.05, 4.69) is 5.32 Å². The number of likely N-dealkylation sites (tertiary alicyclic amines) is 1. The summed E-state index contributed by atoms with van der Waals surface area (Å²) in [4.78, 5) is 26.7. The van der Waals surface area contributed by atoms with Gasteiger partial charge in [-0.15, -0.1) is 0 Å². The molecule has 1 atom stereocenters. The Balaban J connectivity index is 1.61. The summed E-state index contributed by atoms with van der Waals surface area (Å²) >= 11 is 0. The SMILES string of the molecule is COc1ccc(CN2CC(C(=O)Nc3ccc(OC)c(OC)c3)CC2=O)cc1. The number of nitrogens with zero attached hydrogens (tertiary/aromatic N) is 1. The maximum Gasteiger partial charge on any atom is 0.229 e. The van der Waals surface area contributed by atoms with Crippen LogP contribution in [0.4, 0.5) is 5.69 Å². The lowest BCUT2D eigenvalue weighted by Gasteiger charge is -2.17. The number of benzene rings is 2. The first kappa shape index (κ1) is 19.5. The van der Waals surface area contributed by atoms with E-state index in [1.807, 2.05) is 24.3 Å². The van der Waals surface area contributed by atoms with Gasteiger partial charge in [0.2, 0.25) is 11.8 Å². The fourth-order valence-corrected chi connectivity index (χ4v) is 3.21. The Morgan fingerprint density at radius 1 is 1.04 bits per heavy atom. The summed E-state index contributed by atoms with van der Waals surface area (Å²) in [5, 5.41) is 2.86. The molecule has 1 unspecified atom stereocenters. The smallest absolute Gasteiger partial charge is 0.229 e. The molecule has 3 rings (SSSR count). The van der Waals surface area contributed by atoms with Crippen LogP contribution in [0.25, 0.3) is 0 Å². The first-order chi connectivity index (χ1) is 13.5. The molecule has 148 valence electrons. The van der Waals surface area contributed by atoms with Crippen LogP contribution in [-0.2, 0) is 16.1 Å². The molecular weight excluding hydrogens is 360 g/mol. The number of hydrogen-bond donors (Lipinski definition) is 1. The van der Waals surface area contributed by atoms with Crippen LogP contribution in [0.1, 0.15) is 12.0 Å².